The average Bonchev–Trinajstić information content (AvgIpc) is 2.18. The Balaban J connectivity index is 4.21. The minimum atomic E-state index is 0.693. The van der Waals surface area contributed by atoms with Gasteiger partial charge in [0.15, 0.2) is 0 Å². The molecule has 0 aliphatic heterocycles. The van der Waals surface area contributed by atoms with Crippen LogP contribution >= 0.6 is 0 Å². The monoisotopic (exact) mass is 188 g/mol. The van der Waals surface area contributed by atoms with Gasteiger partial charge >= 0.3 is 0 Å². The van der Waals surface area contributed by atoms with Crippen LogP contribution in [0, 0.1) is 11.3 Å². The second kappa shape index (κ2) is 7.88. The molecule has 0 rings (SSSR count). The van der Waals surface area contributed by atoms with Gasteiger partial charge in [-0.3, -0.25) is 0 Å². The van der Waals surface area contributed by atoms with Gasteiger partial charge in [-0.05, 0) is 25.3 Å². The van der Waals surface area contributed by atoms with Crippen LogP contribution in [0.4, 0.5) is 0 Å². The van der Waals surface area contributed by atoms with Gasteiger partial charge in [-0.2, -0.15) is 5.26 Å². The van der Waals surface area contributed by atoms with E-state index in [4.69, 9.17) is 5.26 Å². The van der Waals surface area contributed by atoms with Crippen molar-refractivity contribution in [3.8, 4) is 6.07 Å². The predicted octanol–water partition coefficient (Wildman–Crippen LogP) is 2.64. The lowest BCUT2D eigenvalue weighted by atomic mass is 10.3. The first-order valence-corrected chi connectivity index (χ1v) is 4.45. The van der Waals surface area contributed by atoms with Crippen molar-refractivity contribution >= 4 is 0 Å². The fraction of sp³-hybridized carbons (Fsp3) is 0.250. The van der Waals surface area contributed by atoms with Crippen molar-refractivity contribution in [2.45, 2.75) is 6.92 Å². The molecule has 0 aromatic heterocycles. The maximum Gasteiger partial charge on any atom is 0.0944 e. The van der Waals surface area contributed by atoms with E-state index in [-0.39, 0.29) is 0 Å². The van der Waals surface area contributed by atoms with Crippen LogP contribution in [0.5, 0.6) is 0 Å². The molecule has 0 aromatic rings. The Morgan fingerprint density at radius 3 is 2.36 bits per heavy atom. The Morgan fingerprint density at radius 2 is 1.93 bits per heavy atom. The van der Waals surface area contributed by atoms with Crippen LogP contribution in [0.15, 0.2) is 49.2 Å². The van der Waals surface area contributed by atoms with E-state index in [2.05, 4.69) is 19.2 Å². The van der Waals surface area contributed by atoms with Crippen LogP contribution in [-0.4, -0.2) is 18.0 Å². The minimum absolute atomic E-state index is 0.693. The Morgan fingerprint density at radius 1 is 1.36 bits per heavy atom. The van der Waals surface area contributed by atoms with Crippen molar-refractivity contribution in [3.63, 3.8) is 0 Å². The molecule has 0 unspecified atom stereocenters. The standard InChI is InChI=1S/C12H16N2/c1-4-8-14(9-5-2)10-6-7-12(3)11-13/h4-7,10H,1-2,8-9H2,3H3. The van der Waals surface area contributed by atoms with Crippen molar-refractivity contribution in [1.82, 2.24) is 4.90 Å². The van der Waals surface area contributed by atoms with E-state index >= 15 is 0 Å². The zero-order valence-electron chi connectivity index (χ0n) is 8.61. The van der Waals surface area contributed by atoms with Crippen LogP contribution in [0.3, 0.4) is 0 Å². The van der Waals surface area contributed by atoms with Gasteiger partial charge in [-0.15, -0.1) is 13.2 Å². The third kappa shape index (κ3) is 5.84. The Hall–Kier alpha value is -1.75. The number of allylic oxidation sites excluding steroid dienone is 3. The number of hydrogen-bond donors (Lipinski definition) is 0. The average molecular weight is 188 g/mol. The van der Waals surface area contributed by atoms with Gasteiger partial charge in [-0.25, -0.2) is 0 Å². The third-order valence-corrected chi connectivity index (χ3v) is 1.55. The summed E-state index contributed by atoms with van der Waals surface area (Å²) in [5.74, 6) is 0. The highest BCUT2D eigenvalue weighted by Gasteiger charge is 1.90. The molecule has 0 atom stereocenters. The summed E-state index contributed by atoms with van der Waals surface area (Å²) < 4.78 is 0. The maximum atomic E-state index is 8.51. The molecule has 0 radical (unpaired) electrons. The van der Waals surface area contributed by atoms with E-state index in [0.717, 1.165) is 13.1 Å². The summed E-state index contributed by atoms with van der Waals surface area (Å²) in [5.41, 5.74) is 0.693. The maximum absolute atomic E-state index is 8.51. The summed E-state index contributed by atoms with van der Waals surface area (Å²) in [7, 11) is 0. The Kier molecular flexibility index (Phi) is 6.89. The molecular formula is C12H16N2. The first kappa shape index (κ1) is 12.2. The van der Waals surface area contributed by atoms with E-state index in [1.54, 1.807) is 13.0 Å². The number of rotatable bonds is 6. The molecule has 2 heteroatoms. The second-order valence-electron chi connectivity index (χ2n) is 2.83. The van der Waals surface area contributed by atoms with Crippen molar-refractivity contribution in [1.29, 1.82) is 5.26 Å². The van der Waals surface area contributed by atoms with E-state index in [1.165, 1.54) is 0 Å². The lowest BCUT2D eigenvalue weighted by Gasteiger charge is -2.14. The highest BCUT2D eigenvalue weighted by Crippen LogP contribution is 1.94. The molecular weight excluding hydrogens is 172 g/mol. The molecule has 0 heterocycles. The zero-order valence-corrected chi connectivity index (χ0v) is 8.61. The topological polar surface area (TPSA) is 27.0 Å². The van der Waals surface area contributed by atoms with Gasteiger partial charge in [0, 0.05) is 18.7 Å². The summed E-state index contributed by atoms with van der Waals surface area (Å²) >= 11 is 0. The molecule has 2 nitrogen and oxygen atoms in total. The Bertz CT molecular complexity index is 269. The van der Waals surface area contributed by atoms with E-state index in [9.17, 15) is 0 Å². The number of nitrogens with zero attached hydrogens (tertiary/aromatic N) is 2. The van der Waals surface area contributed by atoms with Gasteiger partial charge in [0.05, 0.1) is 6.07 Å². The van der Waals surface area contributed by atoms with Crippen LogP contribution in [-0.2, 0) is 0 Å². The zero-order chi connectivity index (χ0) is 10.8. The molecule has 0 aliphatic carbocycles. The van der Waals surface area contributed by atoms with Gasteiger partial charge in [0.1, 0.15) is 0 Å². The first-order chi connectivity index (χ1) is 6.74. The number of hydrogen-bond acceptors (Lipinski definition) is 2. The quantitative estimate of drug-likeness (QED) is 0.364. The van der Waals surface area contributed by atoms with Crippen LogP contribution in [0.25, 0.3) is 0 Å². The van der Waals surface area contributed by atoms with Gasteiger partial charge in [0.25, 0.3) is 0 Å². The number of nitriles is 1. The van der Waals surface area contributed by atoms with E-state index in [0.29, 0.717) is 5.57 Å². The predicted molar refractivity (Wildman–Crippen MR) is 60.5 cm³/mol. The van der Waals surface area contributed by atoms with Crippen molar-refractivity contribution in [2.24, 2.45) is 0 Å². The summed E-state index contributed by atoms with van der Waals surface area (Å²) in [5, 5.41) is 8.51. The smallest absolute Gasteiger partial charge is 0.0944 e. The van der Waals surface area contributed by atoms with E-state index in [1.807, 2.05) is 29.3 Å². The van der Waals surface area contributed by atoms with Crippen molar-refractivity contribution in [3.05, 3.63) is 49.2 Å². The van der Waals surface area contributed by atoms with Gasteiger partial charge < -0.3 is 4.90 Å². The van der Waals surface area contributed by atoms with Gasteiger partial charge in [-0.1, -0.05) is 12.2 Å². The fourth-order valence-corrected chi connectivity index (χ4v) is 0.874. The lowest BCUT2D eigenvalue weighted by molar-refractivity contribution is 0.463. The molecule has 0 N–H and O–H groups in total. The highest BCUT2D eigenvalue weighted by atomic mass is 15.1. The molecule has 0 aliphatic rings. The summed E-state index contributed by atoms with van der Waals surface area (Å²) in [6.45, 7) is 10.7. The minimum Gasteiger partial charge on any atom is -0.370 e. The molecule has 0 saturated heterocycles. The lowest BCUT2D eigenvalue weighted by Crippen LogP contribution is -2.16. The van der Waals surface area contributed by atoms with Crippen molar-refractivity contribution in [2.75, 3.05) is 13.1 Å². The molecule has 0 aromatic carbocycles. The molecule has 0 spiro atoms. The molecule has 14 heavy (non-hydrogen) atoms. The SMILES string of the molecule is C=CCN(C=CC=C(C)C#N)CC=C. The van der Waals surface area contributed by atoms with Crippen LogP contribution in [0.2, 0.25) is 0 Å². The Labute approximate surface area is 86.1 Å². The van der Waals surface area contributed by atoms with Crippen LogP contribution < -0.4 is 0 Å². The molecule has 0 amide bonds. The second-order valence-corrected chi connectivity index (χ2v) is 2.83. The molecule has 0 fully saturated rings. The first-order valence-electron chi connectivity index (χ1n) is 4.45. The van der Waals surface area contributed by atoms with Crippen molar-refractivity contribution < 1.29 is 0 Å². The molecule has 0 bridgehead atoms. The van der Waals surface area contributed by atoms with Gasteiger partial charge in [0.2, 0.25) is 0 Å². The normalized spacial score (nSPS) is 11.0. The molecule has 0 saturated carbocycles. The highest BCUT2D eigenvalue weighted by molar-refractivity contribution is 5.22. The third-order valence-electron chi connectivity index (χ3n) is 1.55. The summed E-state index contributed by atoms with van der Waals surface area (Å²) in [6.07, 6.45) is 9.21. The largest absolute Gasteiger partial charge is 0.370 e. The molecule has 74 valence electrons. The van der Waals surface area contributed by atoms with Crippen LogP contribution in [0.1, 0.15) is 6.92 Å². The van der Waals surface area contributed by atoms with E-state index < -0.39 is 0 Å². The fourth-order valence-electron chi connectivity index (χ4n) is 0.874. The summed E-state index contributed by atoms with van der Waals surface area (Å²) in [4.78, 5) is 2.04. The summed E-state index contributed by atoms with van der Waals surface area (Å²) in [6, 6.07) is 2.05.